The van der Waals surface area contributed by atoms with Gasteiger partial charge in [-0.1, -0.05) is 0 Å². The van der Waals surface area contributed by atoms with Crippen LogP contribution in [0.15, 0.2) is 47.2 Å². The van der Waals surface area contributed by atoms with Gasteiger partial charge < -0.3 is 19.3 Å². The zero-order valence-electron chi connectivity index (χ0n) is 18.8. The molecule has 174 valence electrons. The highest BCUT2D eigenvalue weighted by Crippen LogP contribution is 2.30. The van der Waals surface area contributed by atoms with Crippen molar-refractivity contribution < 1.29 is 28.9 Å². The lowest BCUT2D eigenvalue weighted by Crippen LogP contribution is -2.06. The first-order valence-corrected chi connectivity index (χ1v) is 12.3. The Balaban J connectivity index is 0.000000186. The molecule has 1 N–H and O–H groups in total. The highest BCUT2D eigenvalue weighted by Gasteiger charge is 2.11. The smallest absolute Gasteiger partial charge is 0.310 e. The Morgan fingerprint density at radius 3 is 1.85 bits per heavy atom. The summed E-state index contributed by atoms with van der Waals surface area (Å²) in [5.41, 5.74) is 1.98. The first-order valence-electron chi connectivity index (χ1n) is 10.5. The summed E-state index contributed by atoms with van der Waals surface area (Å²) >= 11 is 3.14. The minimum Gasteiger partial charge on any atom is -0.508 e. The van der Waals surface area contributed by atoms with E-state index >= 15 is 0 Å². The predicted octanol–water partition coefficient (Wildman–Crippen LogP) is 5.73. The number of phenolic OH excluding ortho intramolecular Hbond substituents is 1. The number of ether oxygens (including phenoxy) is 3. The van der Waals surface area contributed by atoms with E-state index in [1.165, 1.54) is 11.3 Å². The van der Waals surface area contributed by atoms with Crippen molar-refractivity contribution in [1.82, 2.24) is 0 Å². The number of aromatic hydroxyl groups is 1. The molecular weight excluding hydrogens is 460 g/mol. The fourth-order valence-corrected chi connectivity index (χ4v) is 5.26. The molecule has 0 atom stereocenters. The number of fused-ring (bicyclic) bond motifs is 2. The van der Waals surface area contributed by atoms with Crippen molar-refractivity contribution in [2.24, 2.45) is 0 Å². The maximum Gasteiger partial charge on any atom is 0.310 e. The van der Waals surface area contributed by atoms with Crippen LogP contribution in [0.5, 0.6) is 11.5 Å². The quantitative estimate of drug-likeness (QED) is 0.336. The summed E-state index contributed by atoms with van der Waals surface area (Å²) in [6.45, 7) is 4.44. The molecule has 2 heterocycles. The number of hydrogen-bond donors (Lipinski definition) is 1. The third kappa shape index (κ3) is 6.46. The summed E-state index contributed by atoms with van der Waals surface area (Å²) in [5, 5.41) is 15.4. The van der Waals surface area contributed by atoms with E-state index < -0.39 is 0 Å². The number of phenols is 1. The Morgan fingerprint density at radius 2 is 1.33 bits per heavy atom. The van der Waals surface area contributed by atoms with Crippen molar-refractivity contribution in [3.63, 3.8) is 0 Å². The molecule has 4 rings (SSSR count). The Hall–Kier alpha value is -3.10. The zero-order chi connectivity index (χ0) is 23.8. The number of hydrogen-bond acceptors (Lipinski definition) is 8. The molecule has 0 aliphatic rings. The van der Waals surface area contributed by atoms with Gasteiger partial charge in [0, 0.05) is 9.40 Å². The number of esters is 2. The molecule has 4 aromatic rings. The van der Waals surface area contributed by atoms with E-state index in [0.29, 0.717) is 26.1 Å². The summed E-state index contributed by atoms with van der Waals surface area (Å²) in [5.74, 6) is 0.692. The molecule has 0 aliphatic carbocycles. The first kappa shape index (κ1) is 24.5. The minimum atomic E-state index is -0.213. The molecule has 0 bridgehead atoms. The lowest BCUT2D eigenvalue weighted by Gasteiger charge is -2.02. The van der Waals surface area contributed by atoms with E-state index in [1.54, 1.807) is 37.5 Å². The molecule has 8 heteroatoms. The molecule has 0 spiro atoms. The molecule has 0 radical (unpaired) electrons. The van der Waals surface area contributed by atoms with Gasteiger partial charge in [-0.25, -0.2) is 0 Å². The van der Waals surface area contributed by atoms with E-state index in [9.17, 15) is 14.7 Å². The van der Waals surface area contributed by atoms with E-state index in [0.717, 1.165) is 37.0 Å². The summed E-state index contributed by atoms with van der Waals surface area (Å²) in [6.07, 6.45) is 0.624. The molecule has 0 fully saturated rings. The third-order valence-corrected chi connectivity index (χ3v) is 6.77. The van der Waals surface area contributed by atoms with Crippen LogP contribution in [0.25, 0.3) is 20.2 Å². The Labute approximate surface area is 200 Å². The third-order valence-electron chi connectivity index (χ3n) is 4.78. The lowest BCUT2D eigenvalue weighted by molar-refractivity contribution is -0.143. The van der Waals surface area contributed by atoms with Gasteiger partial charge in [0.05, 0.1) is 33.2 Å². The van der Waals surface area contributed by atoms with Crippen LogP contribution in [0.4, 0.5) is 0 Å². The maximum atomic E-state index is 11.4. The first-order chi connectivity index (χ1) is 15.9. The Kier molecular flexibility index (Phi) is 8.68. The number of carbonyl (C=O) groups excluding carboxylic acids is 2. The number of methoxy groups -OCH3 is 1. The topological polar surface area (TPSA) is 82.1 Å². The van der Waals surface area contributed by atoms with Crippen molar-refractivity contribution in [3.8, 4) is 11.5 Å². The number of rotatable bonds is 7. The van der Waals surface area contributed by atoms with Gasteiger partial charge in [0.25, 0.3) is 0 Å². The second-order valence-corrected chi connectivity index (χ2v) is 8.85. The predicted molar refractivity (Wildman–Crippen MR) is 133 cm³/mol. The summed E-state index contributed by atoms with van der Waals surface area (Å²) < 4.78 is 17.1. The molecule has 6 nitrogen and oxygen atoms in total. The normalized spacial score (nSPS) is 10.5. The van der Waals surface area contributed by atoms with Gasteiger partial charge in [-0.3, -0.25) is 9.59 Å². The van der Waals surface area contributed by atoms with Crippen molar-refractivity contribution in [3.05, 3.63) is 58.3 Å². The fraction of sp³-hybridized carbons (Fsp3) is 0.280. The van der Waals surface area contributed by atoms with E-state index in [1.807, 2.05) is 41.9 Å². The largest absolute Gasteiger partial charge is 0.508 e. The summed E-state index contributed by atoms with van der Waals surface area (Å²) in [7, 11) is 1.65. The molecule has 33 heavy (non-hydrogen) atoms. The number of benzene rings is 2. The van der Waals surface area contributed by atoms with Crippen LogP contribution in [0.3, 0.4) is 0 Å². The standard InChI is InChI=1S/C13H14O3S.C12H12O3S/c1-3-16-13(14)6-9-8-17-12-7-10(15-2)4-5-11(9)12;1-2-15-12(14)5-8-7-16-11-6-9(13)3-4-10(8)11/h4-5,7-8H,3,6H2,1-2H3;3-4,6-7,13H,2,5H2,1H3. The highest BCUT2D eigenvalue weighted by atomic mass is 32.1. The Morgan fingerprint density at radius 1 is 0.818 bits per heavy atom. The average molecular weight is 487 g/mol. The summed E-state index contributed by atoms with van der Waals surface area (Å²) in [4.78, 5) is 22.8. The second-order valence-electron chi connectivity index (χ2n) is 7.03. The van der Waals surface area contributed by atoms with Crippen molar-refractivity contribution in [1.29, 1.82) is 0 Å². The minimum absolute atomic E-state index is 0.178. The number of thiophene rings is 2. The summed E-state index contributed by atoms with van der Waals surface area (Å²) in [6, 6.07) is 11.0. The molecule has 0 unspecified atom stereocenters. The van der Waals surface area contributed by atoms with E-state index in [2.05, 4.69) is 0 Å². The molecule has 0 saturated carbocycles. The maximum absolute atomic E-state index is 11.4. The molecule has 2 aromatic heterocycles. The molecule has 0 saturated heterocycles. The molecule has 0 aliphatic heterocycles. The average Bonchev–Trinajstić information content (AvgIpc) is 3.37. The monoisotopic (exact) mass is 486 g/mol. The van der Waals surface area contributed by atoms with Gasteiger partial charge in [-0.2, -0.15) is 0 Å². The SMILES string of the molecule is CCOC(=O)Cc1csc2cc(O)ccc12.CCOC(=O)Cc1csc2cc(OC)ccc12. The van der Waals surface area contributed by atoms with Crippen LogP contribution >= 0.6 is 22.7 Å². The van der Waals surface area contributed by atoms with Crippen LogP contribution in [-0.2, 0) is 31.9 Å². The lowest BCUT2D eigenvalue weighted by atomic mass is 10.1. The molecular formula is C25H26O6S2. The van der Waals surface area contributed by atoms with E-state index in [4.69, 9.17) is 14.2 Å². The van der Waals surface area contributed by atoms with Crippen LogP contribution < -0.4 is 4.74 Å². The van der Waals surface area contributed by atoms with Crippen LogP contribution in [0, 0.1) is 0 Å². The van der Waals surface area contributed by atoms with Gasteiger partial charge in [0.1, 0.15) is 11.5 Å². The van der Waals surface area contributed by atoms with Gasteiger partial charge in [0.2, 0.25) is 0 Å². The van der Waals surface area contributed by atoms with Crippen LogP contribution in [0.2, 0.25) is 0 Å². The zero-order valence-corrected chi connectivity index (χ0v) is 20.4. The van der Waals surface area contributed by atoms with Crippen molar-refractivity contribution >= 4 is 54.8 Å². The van der Waals surface area contributed by atoms with Gasteiger partial charge in [-0.15, -0.1) is 22.7 Å². The Bertz CT molecular complexity index is 1240. The molecule has 2 aromatic carbocycles. The van der Waals surface area contributed by atoms with Crippen LogP contribution in [0.1, 0.15) is 25.0 Å². The van der Waals surface area contributed by atoms with Crippen LogP contribution in [-0.4, -0.2) is 37.4 Å². The number of carbonyl (C=O) groups is 2. The van der Waals surface area contributed by atoms with E-state index in [-0.39, 0.29) is 17.7 Å². The molecule has 0 amide bonds. The van der Waals surface area contributed by atoms with Gasteiger partial charge >= 0.3 is 11.9 Å². The second kappa shape index (κ2) is 11.7. The van der Waals surface area contributed by atoms with Crippen molar-refractivity contribution in [2.75, 3.05) is 20.3 Å². The van der Waals surface area contributed by atoms with Crippen molar-refractivity contribution in [2.45, 2.75) is 26.7 Å². The highest BCUT2D eigenvalue weighted by molar-refractivity contribution is 7.17. The van der Waals surface area contributed by atoms with Gasteiger partial charge in [0.15, 0.2) is 0 Å². The van der Waals surface area contributed by atoms with Gasteiger partial charge in [-0.05, 0) is 82.9 Å². The fourth-order valence-electron chi connectivity index (χ4n) is 3.27.